The molecule has 98 valence electrons. The zero-order valence-electron chi connectivity index (χ0n) is 10.8. The minimum atomic E-state index is 0.148. The molecule has 2 atom stereocenters. The van der Waals surface area contributed by atoms with E-state index in [1.54, 1.807) is 0 Å². The fourth-order valence-electron chi connectivity index (χ4n) is 2.59. The van der Waals surface area contributed by atoms with Crippen molar-refractivity contribution in [1.82, 2.24) is 4.90 Å². The molecule has 1 aliphatic rings. The third-order valence-corrected chi connectivity index (χ3v) is 4.92. The first-order valence-electron chi connectivity index (χ1n) is 6.30. The molecule has 18 heavy (non-hydrogen) atoms. The number of benzene rings is 1. The summed E-state index contributed by atoms with van der Waals surface area (Å²) in [4.78, 5) is 14.5. The van der Waals surface area contributed by atoms with Gasteiger partial charge in [-0.2, -0.15) is 0 Å². The average Bonchev–Trinajstić information content (AvgIpc) is 2.73. The fourth-order valence-corrected chi connectivity index (χ4v) is 3.09. The van der Waals surface area contributed by atoms with Crippen LogP contribution in [-0.4, -0.2) is 29.9 Å². The maximum absolute atomic E-state index is 12.6. The Morgan fingerprint density at radius 3 is 2.89 bits per heavy atom. The Bertz CT molecular complexity index is 461. The van der Waals surface area contributed by atoms with Crippen molar-refractivity contribution in [3.63, 3.8) is 0 Å². The number of carbonyl (C=O) groups excluding carboxylic acids is 1. The number of likely N-dealkylation sites (tertiary alicyclic amines) is 1. The summed E-state index contributed by atoms with van der Waals surface area (Å²) in [5, 5.41) is 0. The zero-order valence-corrected chi connectivity index (χ0v) is 13.0. The Morgan fingerprint density at radius 1 is 1.56 bits per heavy atom. The van der Waals surface area contributed by atoms with Crippen LogP contribution in [0, 0.1) is 16.4 Å². The molecule has 1 aromatic rings. The number of nitrogens with zero attached hydrogens (tertiary/aromatic N) is 1. The molecule has 2 rings (SSSR count). The van der Waals surface area contributed by atoms with Crippen molar-refractivity contribution in [3.05, 3.63) is 32.9 Å². The summed E-state index contributed by atoms with van der Waals surface area (Å²) in [5.74, 6) is 0.599. The molecule has 1 heterocycles. The van der Waals surface area contributed by atoms with Crippen LogP contribution in [0.15, 0.2) is 18.2 Å². The molecule has 1 amide bonds. The summed E-state index contributed by atoms with van der Waals surface area (Å²) < 4.78 is 1.14. The van der Waals surface area contributed by atoms with E-state index in [9.17, 15) is 4.79 Å². The predicted octanol–water partition coefficient (Wildman–Crippen LogP) is 2.41. The van der Waals surface area contributed by atoms with Crippen molar-refractivity contribution in [2.24, 2.45) is 11.7 Å². The number of hydrogen-bond acceptors (Lipinski definition) is 2. The van der Waals surface area contributed by atoms with Gasteiger partial charge in [-0.15, -0.1) is 0 Å². The monoisotopic (exact) mass is 358 g/mol. The van der Waals surface area contributed by atoms with Crippen LogP contribution in [0.2, 0.25) is 0 Å². The van der Waals surface area contributed by atoms with Gasteiger partial charge < -0.3 is 10.6 Å². The normalized spacial score (nSPS) is 23.4. The van der Waals surface area contributed by atoms with Crippen LogP contribution in [0.4, 0.5) is 0 Å². The molecule has 3 nitrogen and oxygen atoms in total. The van der Waals surface area contributed by atoms with Gasteiger partial charge >= 0.3 is 0 Å². The summed E-state index contributed by atoms with van der Waals surface area (Å²) in [5.41, 5.74) is 7.61. The van der Waals surface area contributed by atoms with E-state index in [1.807, 2.05) is 30.0 Å². The lowest BCUT2D eigenvalue weighted by Gasteiger charge is -2.22. The van der Waals surface area contributed by atoms with Gasteiger partial charge in [0.2, 0.25) is 0 Å². The largest absolute Gasteiger partial charge is 0.336 e. The average molecular weight is 358 g/mol. The van der Waals surface area contributed by atoms with Gasteiger partial charge in [0.15, 0.2) is 0 Å². The molecule has 0 spiro atoms. The molecular formula is C14H19IN2O. The molecular weight excluding hydrogens is 339 g/mol. The van der Waals surface area contributed by atoms with Gasteiger partial charge in [-0.3, -0.25) is 4.79 Å². The second-order valence-corrected chi connectivity index (χ2v) is 6.22. The highest BCUT2D eigenvalue weighted by atomic mass is 127. The van der Waals surface area contributed by atoms with Crippen LogP contribution < -0.4 is 5.73 Å². The molecule has 4 heteroatoms. The van der Waals surface area contributed by atoms with Gasteiger partial charge in [0.05, 0.1) is 0 Å². The first-order chi connectivity index (χ1) is 8.54. The van der Waals surface area contributed by atoms with Crippen molar-refractivity contribution in [3.8, 4) is 0 Å². The number of amides is 1. The topological polar surface area (TPSA) is 46.3 Å². The molecule has 0 radical (unpaired) electrons. The van der Waals surface area contributed by atoms with Gasteiger partial charge in [-0.05, 0) is 73.0 Å². The van der Waals surface area contributed by atoms with Gasteiger partial charge in [-0.1, -0.05) is 6.07 Å². The van der Waals surface area contributed by atoms with Crippen LogP contribution in [0.25, 0.3) is 0 Å². The Hall–Kier alpha value is -0.620. The maximum atomic E-state index is 12.6. The van der Waals surface area contributed by atoms with E-state index in [0.29, 0.717) is 18.5 Å². The third kappa shape index (κ3) is 2.54. The van der Waals surface area contributed by atoms with E-state index >= 15 is 0 Å². The van der Waals surface area contributed by atoms with Gasteiger partial charge in [-0.25, -0.2) is 0 Å². The SMILES string of the molecule is Cc1c(I)cccc1C(=O)N1CC(CN)CC1C. The summed E-state index contributed by atoms with van der Waals surface area (Å²) in [6.07, 6.45) is 1.02. The van der Waals surface area contributed by atoms with E-state index in [-0.39, 0.29) is 5.91 Å². The number of carbonyl (C=O) groups is 1. The molecule has 0 aromatic heterocycles. The molecule has 1 aromatic carbocycles. The maximum Gasteiger partial charge on any atom is 0.254 e. The van der Waals surface area contributed by atoms with Crippen molar-refractivity contribution in [1.29, 1.82) is 0 Å². The van der Waals surface area contributed by atoms with E-state index < -0.39 is 0 Å². The van der Waals surface area contributed by atoms with Crippen molar-refractivity contribution >= 4 is 28.5 Å². The second-order valence-electron chi connectivity index (χ2n) is 5.06. The highest BCUT2D eigenvalue weighted by Crippen LogP contribution is 2.26. The molecule has 1 aliphatic heterocycles. The van der Waals surface area contributed by atoms with E-state index in [2.05, 4.69) is 29.5 Å². The number of nitrogens with two attached hydrogens (primary N) is 1. The summed E-state index contributed by atoms with van der Waals surface area (Å²) >= 11 is 2.27. The minimum absolute atomic E-state index is 0.148. The first kappa shape index (κ1) is 13.8. The van der Waals surface area contributed by atoms with Crippen LogP contribution in [0.5, 0.6) is 0 Å². The zero-order chi connectivity index (χ0) is 13.3. The Morgan fingerprint density at radius 2 is 2.28 bits per heavy atom. The third-order valence-electron chi connectivity index (χ3n) is 3.75. The van der Waals surface area contributed by atoms with Crippen molar-refractivity contribution in [2.75, 3.05) is 13.1 Å². The highest BCUT2D eigenvalue weighted by Gasteiger charge is 2.32. The second kappa shape index (κ2) is 5.57. The Labute approximate surface area is 122 Å². The summed E-state index contributed by atoms with van der Waals surface area (Å²) in [6.45, 7) is 5.58. The van der Waals surface area contributed by atoms with E-state index in [1.165, 1.54) is 0 Å². The van der Waals surface area contributed by atoms with Crippen LogP contribution in [-0.2, 0) is 0 Å². The van der Waals surface area contributed by atoms with Crippen molar-refractivity contribution in [2.45, 2.75) is 26.3 Å². The van der Waals surface area contributed by atoms with Gasteiger partial charge in [0.1, 0.15) is 0 Å². The lowest BCUT2D eigenvalue weighted by molar-refractivity contribution is 0.0742. The van der Waals surface area contributed by atoms with E-state index in [4.69, 9.17) is 5.73 Å². The first-order valence-corrected chi connectivity index (χ1v) is 7.38. The van der Waals surface area contributed by atoms with Crippen LogP contribution in [0.3, 0.4) is 0 Å². The number of rotatable bonds is 2. The lowest BCUT2D eigenvalue weighted by Crippen LogP contribution is -2.35. The van der Waals surface area contributed by atoms with Crippen LogP contribution in [0.1, 0.15) is 29.3 Å². The molecule has 1 fully saturated rings. The molecule has 1 saturated heterocycles. The Balaban J connectivity index is 2.24. The fraction of sp³-hybridized carbons (Fsp3) is 0.500. The molecule has 2 N–H and O–H groups in total. The summed E-state index contributed by atoms with van der Waals surface area (Å²) in [6, 6.07) is 6.19. The smallest absolute Gasteiger partial charge is 0.254 e. The molecule has 0 aliphatic carbocycles. The number of halogens is 1. The standard InChI is InChI=1S/C14H19IN2O/c1-9-6-11(7-16)8-17(9)14(18)12-4-3-5-13(15)10(12)2/h3-5,9,11H,6-8,16H2,1-2H3. The van der Waals surface area contributed by atoms with Crippen molar-refractivity contribution < 1.29 is 4.79 Å². The summed E-state index contributed by atoms with van der Waals surface area (Å²) in [7, 11) is 0. The Kier molecular flexibility index (Phi) is 4.27. The van der Waals surface area contributed by atoms with Gasteiger partial charge in [0, 0.05) is 21.7 Å². The lowest BCUT2D eigenvalue weighted by atomic mass is 10.1. The molecule has 0 bridgehead atoms. The molecule has 0 saturated carbocycles. The van der Waals surface area contributed by atoms with E-state index in [0.717, 1.165) is 27.7 Å². The predicted molar refractivity (Wildman–Crippen MR) is 81.6 cm³/mol. The minimum Gasteiger partial charge on any atom is -0.336 e. The quantitative estimate of drug-likeness (QED) is 0.826. The van der Waals surface area contributed by atoms with Crippen LogP contribution >= 0.6 is 22.6 Å². The molecule has 2 unspecified atom stereocenters. The van der Waals surface area contributed by atoms with Gasteiger partial charge in [0.25, 0.3) is 5.91 Å². The highest BCUT2D eigenvalue weighted by molar-refractivity contribution is 14.1. The number of hydrogen-bond donors (Lipinski definition) is 1.